The highest BCUT2D eigenvalue weighted by atomic mass is 16.2. The van der Waals surface area contributed by atoms with Gasteiger partial charge in [0.15, 0.2) is 0 Å². The van der Waals surface area contributed by atoms with Crippen LogP contribution in [0.1, 0.15) is 22.3 Å². The molecule has 7 nitrogen and oxygen atoms in total. The van der Waals surface area contributed by atoms with Crippen LogP contribution >= 0.6 is 0 Å². The summed E-state index contributed by atoms with van der Waals surface area (Å²) < 4.78 is 0. The molecule has 2 saturated heterocycles. The molecule has 2 aliphatic heterocycles. The van der Waals surface area contributed by atoms with E-state index in [1.165, 1.54) is 5.69 Å². The molecule has 0 atom stereocenters. The number of aromatic nitrogens is 1. The van der Waals surface area contributed by atoms with Crippen LogP contribution in [0, 0.1) is 6.92 Å². The Balaban J connectivity index is 1.47. The first-order chi connectivity index (χ1) is 13.6. The molecule has 1 aromatic heterocycles. The summed E-state index contributed by atoms with van der Waals surface area (Å²) in [5.41, 5.74) is 3.74. The van der Waals surface area contributed by atoms with Gasteiger partial charge in [-0.15, -0.1) is 0 Å². The maximum atomic E-state index is 13.1. The average molecular weight is 379 g/mol. The van der Waals surface area contributed by atoms with Gasteiger partial charge in [-0.05, 0) is 43.2 Å². The number of aryl methyl sites for hydroxylation is 1. The summed E-state index contributed by atoms with van der Waals surface area (Å²) in [6, 6.07) is 9.30. The Morgan fingerprint density at radius 2 is 2.00 bits per heavy atom. The van der Waals surface area contributed by atoms with Gasteiger partial charge in [0.2, 0.25) is 0 Å². The maximum absolute atomic E-state index is 13.1. The molecule has 2 aliphatic rings. The molecule has 3 amide bonds. The normalized spacial score (nSPS) is 17.5. The van der Waals surface area contributed by atoms with E-state index < -0.39 is 0 Å². The molecule has 0 aliphatic carbocycles. The molecule has 1 N–H and O–H groups in total. The highest BCUT2D eigenvalue weighted by Gasteiger charge is 2.24. The SMILES string of the molecule is Cc1cnccc1N1CCCN(C(=O)c2cccc(N3CCNC3=O)c2)CC1. The van der Waals surface area contributed by atoms with Crippen LogP contribution in [0.15, 0.2) is 42.7 Å². The number of amides is 3. The third-order valence-electron chi connectivity index (χ3n) is 5.38. The fourth-order valence-corrected chi connectivity index (χ4v) is 3.89. The van der Waals surface area contributed by atoms with Gasteiger partial charge < -0.3 is 15.1 Å². The molecule has 7 heteroatoms. The molecule has 0 spiro atoms. The maximum Gasteiger partial charge on any atom is 0.321 e. The van der Waals surface area contributed by atoms with E-state index in [-0.39, 0.29) is 11.9 Å². The fraction of sp³-hybridized carbons (Fsp3) is 0.381. The lowest BCUT2D eigenvalue weighted by Crippen LogP contribution is -2.35. The Bertz CT molecular complexity index is 885. The highest BCUT2D eigenvalue weighted by Crippen LogP contribution is 2.22. The van der Waals surface area contributed by atoms with E-state index in [1.807, 2.05) is 47.6 Å². The van der Waals surface area contributed by atoms with E-state index in [2.05, 4.69) is 22.1 Å². The number of anilines is 2. The summed E-state index contributed by atoms with van der Waals surface area (Å²) in [6.07, 6.45) is 4.61. The van der Waals surface area contributed by atoms with Crippen molar-refractivity contribution >= 4 is 23.3 Å². The minimum absolute atomic E-state index is 0.0229. The third-order valence-corrected chi connectivity index (χ3v) is 5.38. The van der Waals surface area contributed by atoms with Crippen LogP contribution in [0.25, 0.3) is 0 Å². The van der Waals surface area contributed by atoms with Gasteiger partial charge in [0.25, 0.3) is 5.91 Å². The van der Waals surface area contributed by atoms with Crippen LogP contribution in [0.2, 0.25) is 0 Å². The molecule has 146 valence electrons. The van der Waals surface area contributed by atoms with Gasteiger partial charge in [0.1, 0.15) is 0 Å². The van der Waals surface area contributed by atoms with E-state index in [4.69, 9.17) is 0 Å². The zero-order chi connectivity index (χ0) is 19.5. The first kappa shape index (κ1) is 18.3. The summed E-state index contributed by atoms with van der Waals surface area (Å²) in [7, 11) is 0. The van der Waals surface area contributed by atoms with Gasteiger partial charge in [0.05, 0.1) is 0 Å². The number of rotatable bonds is 3. The lowest BCUT2D eigenvalue weighted by Gasteiger charge is -2.25. The van der Waals surface area contributed by atoms with Crippen LogP contribution in [0.5, 0.6) is 0 Å². The first-order valence-electron chi connectivity index (χ1n) is 9.74. The molecule has 0 saturated carbocycles. The van der Waals surface area contributed by atoms with Gasteiger partial charge >= 0.3 is 6.03 Å². The van der Waals surface area contributed by atoms with Crippen molar-refractivity contribution in [2.24, 2.45) is 0 Å². The fourth-order valence-electron chi connectivity index (χ4n) is 3.89. The minimum Gasteiger partial charge on any atom is -0.369 e. The van der Waals surface area contributed by atoms with Gasteiger partial charge in [-0.1, -0.05) is 6.07 Å². The molecule has 1 aromatic carbocycles. The second-order valence-electron chi connectivity index (χ2n) is 7.23. The minimum atomic E-state index is -0.109. The van der Waals surface area contributed by atoms with Crippen molar-refractivity contribution in [2.45, 2.75) is 13.3 Å². The van der Waals surface area contributed by atoms with Crippen molar-refractivity contribution in [1.82, 2.24) is 15.2 Å². The van der Waals surface area contributed by atoms with E-state index in [9.17, 15) is 9.59 Å². The van der Waals surface area contributed by atoms with Gasteiger partial charge in [-0.3, -0.25) is 14.7 Å². The molecule has 0 radical (unpaired) electrons. The molecular formula is C21H25N5O2. The lowest BCUT2D eigenvalue weighted by molar-refractivity contribution is 0.0767. The number of pyridine rings is 1. The summed E-state index contributed by atoms with van der Waals surface area (Å²) >= 11 is 0. The third kappa shape index (κ3) is 3.65. The number of carbonyl (C=O) groups excluding carboxylic acids is 2. The average Bonchev–Trinajstić information content (AvgIpc) is 3.00. The number of urea groups is 1. The second kappa shape index (κ2) is 7.88. The molecule has 2 aromatic rings. The topological polar surface area (TPSA) is 68.8 Å². The van der Waals surface area contributed by atoms with Crippen LogP contribution in [-0.2, 0) is 0 Å². The summed E-state index contributed by atoms with van der Waals surface area (Å²) in [5, 5.41) is 2.80. The van der Waals surface area contributed by atoms with Gasteiger partial charge in [-0.25, -0.2) is 4.79 Å². The zero-order valence-corrected chi connectivity index (χ0v) is 16.1. The monoisotopic (exact) mass is 379 g/mol. The molecule has 4 rings (SSSR count). The van der Waals surface area contributed by atoms with E-state index in [0.717, 1.165) is 37.3 Å². The largest absolute Gasteiger partial charge is 0.369 e. The number of benzene rings is 1. The lowest BCUT2D eigenvalue weighted by atomic mass is 10.1. The van der Waals surface area contributed by atoms with E-state index in [1.54, 1.807) is 4.90 Å². The Labute approximate surface area is 164 Å². The number of carbonyl (C=O) groups is 2. The molecular weight excluding hydrogens is 354 g/mol. The molecule has 2 fully saturated rings. The van der Waals surface area contributed by atoms with Crippen molar-refractivity contribution < 1.29 is 9.59 Å². The Morgan fingerprint density at radius 3 is 2.79 bits per heavy atom. The highest BCUT2D eigenvalue weighted by molar-refractivity contribution is 5.98. The molecule has 28 heavy (non-hydrogen) atoms. The van der Waals surface area contributed by atoms with Gasteiger partial charge in [0, 0.05) is 68.6 Å². The van der Waals surface area contributed by atoms with Crippen LogP contribution in [0.3, 0.4) is 0 Å². The quantitative estimate of drug-likeness (QED) is 0.888. The predicted octanol–water partition coefficient (Wildman–Crippen LogP) is 2.27. The van der Waals surface area contributed by atoms with Crippen molar-refractivity contribution in [1.29, 1.82) is 0 Å². The number of nitrogens with one attached hydrogen (secondary N) is 1. The number of hydrogen-bond acceptors (Lipinski definition) is 4. The smallest absolute Gasteiger partial charge is 0.321 e. The zero-order valence-electron chi connectivity index (χ0n) is 16.1. The molecule has 0 unspecified atom stereocenters. The standard InChI is InChI=1S/C21H25N5O2/c1-16-15-22-7-6-19(16)24-9-3-10-25(13-12-24)20(27)17-4-2-5-18(14-17)26-11-8-23-21(26)28/h2,4-7,14-15H,3,8-13H2,1H3,(H,23,28). The predicted molar refractivity (Wildman–Crippen MR) is 109 cm³/mol. The van der Waals surface area contributed by atoms with Crippen LogP contribution in [0.4, 0.5) is 16.2 Å². The van der Waals surface area contributed by atoms with Crippen molar-refractivity contribution in [3.63, 3.8) is 0 Å². The number of hydrogen-bond donors (Lipinski definition) is 1. The Hall–Kier alpha value is -3.09. The van der Waals surface area contributed by atoms with Crippen molar-refractivity contribution in [3.8, 4) is 0 Å². The Morgan fingerprint density at radius 1 is 1.11 bits per heavy atom. The summed E-state index contributed by atoms with van der Waals surface area (Å²) in [5.74, 6) is 0.0229. The van der Waals surface area contributed by atoms with Crippen LogP contribution in [-0.4, -0.2) is 61.1 Å². The number of nitrogens with zero attached hydrogens (tertiary/aromatic N) is 4. The van der Waals surface area contributed by atoms with Gasteiger partial charge in [-0.2, -0.15) is 0 Å². The summed E-state index contributed by atoms with van der Waals surface area (Å²) in [4.78, 5) is 35.1. The van der Waals surface area contributed by atoms with Crippen molar-refractivity contribution in [2.75, 3.05) is 49.1 Å². The van der Waals surface area contributed by atoms with E-state index >= 15 is 0 Å². The Kier molecular flexibility index (Phi) is 5.14. The van der Waals surface area contributed by atoms with E-state index in [0.29, 0.717) is 25.2 Å². The first-order valence-corrected chi connectivity index (χ1v) is 9.74. The summed E-state index contributed by atoms with van der Waals surface area (Å²) in [6.45, 7) is 6.44. The van der Waals surface area contributed by atoms with Crippen molar-refractivity contribution in [3.05, 3.63) is 53.9 Å². The molecule has 3 heterocycles. The van der Waals surface area contributed by atoms with Crippen LogP contribution < -0.4 is 15.1 Å². The second-order valence-corrected chi connectivity index (χ2v) is 7.23. The molecule has 0 bridgehead atoms.